The monoisotopic (exact) mass is 337 g/mol. The quantitative estimate of drug-likeness (QED) is 0.897. The average Bonchev–Trinajstić information content (AvgIpc) is 2.90. The van der Waals surface area contributed by atoms with Gasteiger partial charge in [-0.25, -0.2) is 18.4 Å². The molecule has 1 fully saturated rings. The summed E-state index contributed by atoms with van der Waals surface area (Å²) in [6.07, 6.45) is 0.640. The van der Waals surface area contributed by atoms with Crippen LogP contribution in [0.3, 0.4) is 0 Å². The van der Waals surface area contributed by atoms with Crippen molar-refractivity contribution in [3.63, 3.8) is 0 Å². The van der Waals surface area contributed by atoms with E-state index in [0.29, 0.717) is 30.3 Å². The molecular weight excluding hydrogens is 316 g/mol. The number of nitrogens with one attached hydrogen (secondary N) is 1. The predicted octanol–water partition coefficient (Wildman–Crippen LogP) is 2.76. The summed E-state index contributed by atoms with van der Waals surface area (Å²) in [7, 11) is 0. The lowest BCUT2D eigenvalue weighted by Gasteiger charge is -2.29. The molecule has 2 aromatic heterocycles. The van der Waals surface area contributed by atoms with Crippen LogP contribution in [-0.4, -0.2) is 36.8 Å². The number of hydrogen-bond donors (Lipinski definition) is 2. The molecule has 2 N–H and O–H groups in total. The molecule has 0 unspecified atom stereocenters. The molecule has 6 nitrogen and oxygen atoms in total. The van der Waals surface area contributed by atoms with Gasteiger partial charge in [0.2, 0.25) is 5.92 Å². The highest BCUT2D eigenvalue weighted by atomic mass is 19.3. The van der Waals surface area contributed by atoms with Gasteiger partial charge in [-0.1, -0.05) is 0 Å². The van der Waals surface area contributed by atoms with E-state index in [1.54, 1.807) is 16.8 Å². The van der Waals surface area contributed by atoms with Crippen molar-refractivity contribution in [3.05, 3.63) is 29.2 Å². The third-order valence-electron chi connectivity index (χ3n) is 4.20. The van der Waals surface area contributed by atoms with Crippen molar-refractivity contribution in [1.82, 2.24) is 19.7 Å². The van der Waals surface area contributed by atoms with Crippen molar-refractivity contribution in [2.24, 2.45) is 0 Å². The van der Waals surface area contributed by atoms with Crippen LogP contribution in [0.15, 0.2) is 12.1 Å². The van der Waals surface area contributed by atoms with Crippen LogP contribution in [0.4, 0.5) is 14.6 Å². The molecule has 0 aliphatic heterocycles. The lowest BCUT2D eigenvalue weighted by Crippen LogP contribution is -2.32. The van der Waals surface area contributed by atoms with Gasteiger partial charge in [0.25, 0.3) is 5.95 Å². The first-order valence-electron chi connectivity index (χ1n) is 8.03. The molecule has 1 saturated carbocycles. The van der Waals surface area contributed by atoms with Crippen LogP contribution >= 0.6 is 0 Å². The number of nitrogens with zero attached hydrogens (tertiary/aromatic N) is 4. The zero-order chi connectivity index (χ0) is 17.3. The van der Waals surface area contributed by atoms with Gasteiger partial charge in [0.05, 0.1) is 12.3 Å². The molecular formula is C16H21F2N5O. The van der Waals surface area contributed by atoms with Crippen LogP contribution in [0.1, 0.15) is 42.8 Å². The summed E-state index contributed by atoms with van der Waals surface area (Å²) in [6, 6.07) is 3.54. The average molecular weight is 337 g/mol. The Labute approximate surface area is 138 Å². The van der Waals surface area contributed by atoms with Crippen molar-refractivity contribution in [1.29, 1.82) is 0 Å². The second-order valence-electron chi connectivity index (χ2n) is 6.32. The van der Waals surface area contributed by atoms with E-state index in [4.69, 9.17) is 0 Å². The predicted molar refractivity (Wildman–Crippen MR) is 85.4 cm³/mol. The Morgan fingerprint density at radius 3 is 2.58 bits per heavy atom. The summed E-state index contributed by atoms with van der Waals surface area (Å²) in [5.41, 5.74) is 2.11. The van der Waals surface area contributed by atoms with Crippen LogP contribution in [-0.2, 0) is 6.61 Å². The fourth-order valence-corrected chi connectivity index (χ4v) is 2.93. The van der Waals surface area contributed by atoms with E-state index in [9.17, 15) is 13.9 Å². The van der Waals surface area contributed by atoms with Gasteiger partial charge in [0.1, 0.15) is 5.82 Å². The van der Waals surface area contributed by atoms with Gasteiger partial charge >= 0.3 is 0 Å². The standard InChI is InChI=1S/C16H21F2N5O/c1-10-7-14(20-12-3-5-16(17,18)6-4-12)21-15(19-10)23-11(2)8-13(9-24)22-23/h7-8,12,24H,3-6,9H2,1-2H3,(H,19,20,21). The molecule has 130 valence electrons. The van der Waals surface area contributed by atoms with E-state index in [1.807, 2.05) is 13.8 Å². The Hall–Kier alpha value is -2.09. The van der Waals surface area contributed by atoms with E-state index in [0.717, 1.165) is 11.4 Å². The lowest BCUT2D eigenvalue weighted by atomic mass is 9.92. The highest BCUT2D eigenvalue weighted by Crippen LogP contribution is 2.34. The van der Waals surface area contributed by atoms with E-state index in [1.165, 1.54) is 0 Å². The zero-order valence-electron chi connectivity index (χ0n) is 13.8. The number of aryl methyl sites for hydroxylation is 2. The second kappa shape index (κ2) is 6.43. The minimum Gasteiger partial charge on any atom is -0.390 e. The number of anilines is 1. The minimum atomic E-state index is -2.54. The third kappa shape index (κ3) is 3.69. The van der Waals surface area contributed by atoms with Gasteiger partial charge in [-0.2, -0.15) is 10.1 Å². The van der Waals surface area contributed by atoms with Gasteiger partial charge in [0, 0.05) is 36.3 Å². The van der Waals surface area contributed by atoms with Crippen molar-refractivity contribution >= 4 is 5.82 Å². The summed E-state index contributed by atoms with van der Waals surface area (Å²) in [5.74, 6) is -1.54. The normalized spacial score (nSPS) is 17.9. The van der Waals surface area contributed by atoms with Gasteiger partial charge in [0.15, 0.2) is 0 Å². The SMILES string of the molecule is Cc1cc(NC2CCC(F)(F)CC2)nc(-n2nc(CO)cc2C)n1. The number of aromatic nitrogens is 4. The largest absolute Gasteiger partial charge is 0.390 e. The van der Waals surface area contributed by atoms with Crippen LogP contribution in [0.2, 0.25) is 0 Å². The van der Waals surface area contributed by atoms with Crippen molar-refractivity contribution in [2.75, 3.05) is 5.32 Å². The Morgan fingerprint density at radius 2 is 1.96 bits per heavy atom. The maximum Gasteiger partial charge on any atom is 0.252 e. The van der Waals surface area contributed by atoms with Gasteiger partial charge < -0.3 is 10.4 Å². The highest BCUT2D eigenvalue weighted by Gasteiger charge is 2.34. The van der Waals surface area contributed by atoms with E-state index in [-0.39, 0.29) is 25.5 Å². The highest BCUT2D eigenvalue weighted by molar-refractivity contribution is 5.40. The van der Waals surface area contributed by atoms with Crippen LogP contribution in [0.5, 0.6) is 0 Å². The molecule has 0 saturated heterocycles. The number of halogens is 2. The summed E-state index contributed by atoms with van der Waals surface area (Å²) in [4.78, 5) is 8.83. The van der Waals surface area contributed by atoms with Gasteiger partial charge in [-0.15, -0.1) is 0 Å². The molecule has 1 aliphatic carbocycles. The third-order valence-corrected chi connectivity index (χ3v) is 4.20. The number of rotatable bonds is 4. The maximum atomic E-state index is 13.3. The molecule has 0 radical (unpaired) electrons. The Morgan fingerprint density at radius 1 is 1.25 bits per heavy atom. The smallest absolute Gasteiger partial charge is 0.252 e. The Balaban J connectivity index is 1.80. The molecule has 8 heteroatoms. The molecule has 2 heterocycles. The Bertz CT molecular complexity index is 721. The first kappa shape index (κ1) is 16.8. The molecule has 0 atom stereocenters. The molecule has 2 aromatic rings. The molecule has 0 bridgehead atoms. The number of alkyl halides is 2. The lowest BCUT2D eigenvalue weighted by molar-refractivity contribution is -0.0361. The van der Waals surface area contributed by atoms with E-state index >= 15 is 0 Å². The first-order chi connectivity index (χ1) is 11.4. The summed E-state index contributed by atoms with van der Waals surface area (Å²) >= 11 is 0. The topological polar surface area (TPSA) is 75.9 Å². The van der Waals surface area contributed by atoms with Crippen molar-refractivity contribution < 1.29 is 13.9 Å². The first-order valence-corrected chi connectivity index (χ1v) is 8.03. The van der Waals surface area contributed by atoms with Gasteiger partial charge in [-0.3, -0.25) is 0 Å². The van der Waals surface area contributed by atoms with Gasteiger partial charge in [-0.05, 0) is 32.8 Å². The summed E-state index contributed by atoms with van der Waals surface area (Å²) < 4.78 is 28.1. The van der Waals surface area contributed by atoms with Crippen LogP contribution < -0.4 is 5.32 Å². The van der Waals surface area contributed by atoms with E-state index < -0.39 is 5.92 Å². The second-order valence-corrected chi connectivity index (χ2v) is 6.32. The molecule has 0 spiro atoms. The summed E-state index contributed by atoms with van der Waals surface area (Å²) in [6.45, 7) is 3.55. The minimum absolute atomic E-state index is 0.0153. The number of hydrogen-bond acceptors (Lipinski definition) is 5. The fraction of sp³-hybridized carbons (Fsp3) is 0.562. The van der Waals surface area contributed by atoms with Crippen LogP contribution in [0.25, 0.3) is 5.95 Å². The summed E-state index contributed by atoms with van der Waals surface area (Å²) in [5, 5.41) is 16.7. The van der Waals surface area contributed by atoms with Crippen LogP contribution in [0, 0.1) is 13.8 Å². The maximum absolute atomic E-state index is 13.3. The molecule has 24 heavy (non-hydrogen) atoms. The molecule has 3 rings (SSSR count). The fourth-order valence-electron chi connectivity index (χ4n) is 2.93. The molecule has 0 aromatic carbocycles. The van der Waals surface area contributed by atoms with E-state index in [2.05, 4.69) is 20.4 Å². The molecule has 0 amide bonds. The zero-order valence-corrected chi connectivity index (χ0v) is 13.8. The molecule has 1 aliphatic rings. The number of aliphatic hydroxyl groups is 1. The Kier molecular flexibility index (Phi) is 4.49. The number of aliphatic hydroxyl groups excluding tert-OH is 1. The van der Waals surface area contributed by atoms with Crippen molar-refractivity contribution in [2.45, 2.75) is 58.1 Å². The van der Waals surface area contributed by atoms with Crippen molar-refractivity contribution in [3.8, 4) is 5.95 Å².